The monoisotopic (exact) mass is 295 g/mol. The molecule has 0 heterocycles. The molecule has 0 saturated heterocycles. The Kier molecular flexibility index (Phi) is 7.05. The summed E-state index contributed by atoms with van der Waals surface area (Å²) in [4.78, 5) is 0. The molecule has 0 radical (unpaired) electrons. The highest BCUT2D eigenvalue weighted by Crippen LogP contribution is 2.40. The molecule has 0 atom stereocenters. The summed E-state index contributed by atoms with van der Waals surface area (Å²) in [6, 6.07) is 11.5. The molecule has 0 unspecified atom stereocenters. The van der Waals surface area contributed by atoms with Gasteiger partial charge in [0.2, 0.25) is 0 Å². The van der Waals surface area contributed by atoms with Crippen molar-refractivity contribution in [3.05, 3.63) is 35.9 Å². The van der Waals surface area contributed by atoms with Crippen molar-refractivity contribution >= 4 is 12.4 Å². The summed E-state index contributed by atoms with van der Waals surface area (Å²) in [5.74, 6) is 0.923. The molecule has 1 N–H and O–H groups in total. The highest BCUT2D eigenvalue weighted by Gasteiger charge is 2.31. The van der Waals surface area contributed by atoms with Crippen molar-refractivity contribution in [2.24, 2.45) is 11.3 Å². The van der Waals surface area contributed by atoms with Crippen LogP contribution in [0.15, 0.2) is 30.3 Å². The summed E-state index contributed by atoms with van der Waals surface area (Å²) < 4.78 is 0. The van der Waals surface area contributed by atoms with Crippen LogP contribution in [0.5, 0.6) is 0 Å². The molecule has 1 aromatic rings. The van der Waals surface area contributed by atoms with E-state index in [0.29, 0.717) is 5.41 Å². The van der Waals surface area contributed by atoms with Gasteiger partial charge >= 0.3 is 0 Å². The van der Waals surface area contributed by atoms with E-state index in [1.807, 2.05) is 0 Å². The van der Waals surface area contributed by atoms with Gasteiger partial charge in [0, 0.05) is 12.6 Å². The summed E-state index contributed by atoms with van der Waals surface area (Å²) in [6.07, 6.45) is 6.79. The van der Waals surface area contributed by atoms with E-state index in [0.717, 1.165) is 18.5 Å². The molecule has 1 aliphatic carbocycles. The van der Waals surface area contributed by atoms with Crippen LogP contribution in [-0.2, 0) is 6.54 Å². The fourth-order valence-electron chi connectivity index (χ4n) is 3.23. The van der Waals surface area contributed by atoms with Gasteiger partial charge in [0.1, 0.15) is 0 Å². The first kappa shape index (κ1) is 17.5. The molecule has 1 saturated carbocycles. The van der Waals surface area contributed by atoms with Crippen LogP contribution in [0.25, 0.3) is 0 Å². The van der Waals surface area contributed by atoms with E-state index in [-0.39, 0.29) is 12.4 Å². The van der Waals surface area contributed by atoms with E-state index in [1.54, 1.807) is 0 Å². The minimum atomic E-state index is 0. The van der Waals surface area contributed by atoms with Gasteiger partial charge in [-0.05, 0) is 42.6 Å². The number of hydrogen-bond donors (Lipinski definition) is 1. The third-order valence-electron chi connectivity index (χ3n) is 5.18. The van der Waals surface area contributed by atoms with Crippen molar-refractivity contribution in [1.82, 2.24) is 5.32 Å². The van der Waals surface area contributed by atoms with Crippen LogP contribution in [0.1, 0.15) is 58.4 Å². The Morgan fingerprint density at radius 3 is 2.20 bits per heavy atom. The van der Waals surface area contributed by atoms with Gasteiger partial charge < -0.3 is 5.32 Å². The normalized spacial score (nSPS) is 23.1. The van der Waals surface area contributed by atoms with E-state index >= 15 is 0 Å². The maximum Gasteiger partial charge on any atom is 0.0208 e. The van der Waals surface area contributed by atoms with Gasteiger partial charge in [0.15, 0.2) is 0 Å². The summed E-state index contributed by atoms with van der Waals surface area (Å²) in [5, 5.41) is 3.73. The lowest BCUT2D eigenvalue weighted by Crippen LogP contribution is -2.36. The standard InChI is InChI=1S/C18H29N.ClH/c1-4-18(2,3)16-10-12-17(13-11-16)19-14-15-8-6-5-7-9-15;/h5-9,16-17,19H,4,10-14H2,1-3H3;1H. The van der Waals surface area contributed by atoms with E-state index < -0.39 is 0 Å². The second-order valence-corrected chi connectivity index (χ2v) is 6.76. The Morgan fingerprint density at radius 1 is 1.05 bits per heavy atom. The minimum absolute atomic E-state index is 0. The van der Waals surface area contributed by atoms with Gasteiger partial charge in [0.05, 0.1) is 0 Å². The van der Waals surface area contributed by atoms with Crippen LogP contribution in [0, 0.1) is 11.3 Å². The van der Waals surface area contributed by atoms with E-state index in [2.05, 4.69) is 56.4 Å². The number of nitrogens with one attached hydrogen (secondary N) is 1. The minimum Gasteiger partial charge on any atom is -0.310 e. The lowest BCUT2D eigenvalue weighted by molar-refractivity contribution is 0.137. The van der Waals surface area contributed by atoms with E-state index in [4.69, 9.17) is 0 Å². The van der Waals surface area contributed by atoms with Crippen molar-refractivity contribution in [3.63, 3.8) is 0 Å². The summed E-state index contributed by atoms with van der Waals surface area (Å²) >= 11 is 0. The Bertz CT molecular complexity index is 366. The second kappa shape index (κ2) is 8.05. The van der Waals surface area contributed by atoms with Crippen LogP contribution in [0.4, 0.5) is 0 Å². The first-order valence-corrected chi connectivity index (χ1v) is 7.89. The van der Waals surface area contributed by atoms with Crippen LogP contribution >= 0.6 is 12.4 Å². The molecule has 1 fully saturated rings. The smallest absolute Gasteiger partial charge is 0.0208 e. The van der Waals surface area contributed by atoms with Crippen molar-refractivity contribution in [2.45, 2.75) is 65.5 Å². The molecule has 2 heteroatoms. The predicted molar refractivity (Wildman–Crippen MR) is 90.3 cm³/mol. The van der Waals surface area contributed by atoms with Crippen LogP contribution in [-0.4, -0.2) is 6.04 Å². The number of rotatable bonds is 5. The zero-order valence-corrected chi connectivity index (χ0v) is 14.0. The van der Waals surface area contributed by atoms with Crippen molar-refractivity contribution in [1.29, 1.82) is 0 Å². The average molecular weight is 296 g/mol. The van der Waals surface area contributed by atoms with Crippen molar-refractivity contribution in [2.75, 3.05) is 0 Å². The maximum absolute atomic E-state index is 3.73. The van der Waals surface area contributed by atoms with E-state index in [9.17, 15) is 0 Å². The van der Waals surface area contributed by atoms with Gasteiger partial charge in [-0.2, -0.15) is 0 Å². The molecule has 1 aliphatic rings. The lowest BCUT2D eigenvalue weighted by atomic mass is 9.69. The van der Waals surface area contributed by atoms with Crippen molar-refractivity contribution < 1.29 is 0 Å². The fourth-order valence-corrected chi connectivity index (χ4v) is 3.23. The molecule has 1 aromatic carbocycles. The first-order valence-electron chi connectivity index (χ1n) is 7.89. The number of halogens is 1. The largest absolute Gasteiger partial charge is 0.310 e. The van der Waals surface area contributed by atoms with Crippen LogP contribution < -0.4 is 5.32 Å². The first-order chi connectivity index (χ1) is 9.12. The average Bonchev–Trinajstić information content (AvgIpc) is 2.47. The fraction of sp³-hybridized carbons (Fsp3) is 0.667. The molecule has 0 aliphatic heterocycles. The molecule has 2 rings (SSSR count). The third kappa shape index (κ3) is 4.79. The molecule has 1 nitrogen and oxygen atoms in total. The molecule has 0 amide bonds. The predicted octanol–water partition coefficient (Wildman–Crippen LogP) is 5.19. The molecule has 0 bridgehead atoms. The highest BCUT2D eigenvalue weighted by molar-refractivity contribution is 5.85. The maximum atomic E-state index is 3.73. The van der Waals surface area contributed by atoms with Gasteiger partial charge in [-0.15, -0.1) is 12.4 Å². The zero-order chi connectivity index (χ0) is 13.7. The molecule has 0 spiro atoms. The second-order valence-electron chi connectivity index (χ2n) is 6.76. The van der Waals surface area contributed by atoms with Gasteiger partial charge in [-0.1, -0.05) is 57.5 Å². The van der Waals surface area contributed by atoms with Crippen LogP contribution in [0.3, 0.4) is 0 Å². The SMILES string of the molecule is CCC(C)(C)C1CCC(NCc2ccccc2)CC1.Cl. The summed E-state index contributed by atoms with van der Waals surface area (Å²) in [7, 11) is 0. The van der Waals surface area contributed by atoms with E-state index in [1.165, 1.54) is 37.7 Å². The van der Waals surface area contributed by atoms with Crippen molar-refractivity contribution in [3.8, 4) is 0 Å². The topological polar surface area (TPSA) is 12.0 Å². The quantitative estimate of drug-likeness (QED) is 0.788. The summed E-state index contributed by atoms with van der Waals surface area (Å²) in [5.41, 5.74) is 1.93. The Labute approximate surface area is 131 Å². The zero-order valence-electron chi connectivity index (χ0n) is 13.2. The molecular formula is C18H30ClN. The molecule has 114 valence electrons. The van der Waals surface area contributed by atoms with Gasteiger partial charge in [-0.3, -0.25) is 0 Å². The Morgan fingerprint density at radius 2 is 1.65 bits per heavy atom. The Balaban J connectivity index is 0.00000200. The molecule has 0 aromatic heterocycles. The summed E-state index contributed by atoms with van der Waals surface area (Å²) in [6.45, 7) is 8.23. The third-order valence-corrected chi connectivity index (χ3v) is 5.18. The van der Waals surface area contributed by atoms with Gasteiger partial charge in [0.25, 0.3) is 0 Å². The lowest BCUT2D eigenvalue weighted by Gasteiger charge is -2.39. The highest BCUT2D eigenvalue weighted by atomic mass is 35.5. The molecule has 20 heavy (non-hydrogen) atoms. The number of hydrogen-bond acceptors (Lipinski definition) is 1. The Hall–Kier alpha value is -0.530. The molecular weight excluding hydrogens is 266 g/mol. The van der Waals surface area contributed by atoms with Gasteiger partial charge in [-0.25, -0.2) is 0 Å². The van der Waals surface area contributed by atoms with Crippen LogP contribution in [0.2, 0.25) is 0 Å². The number of benzene rings is 1.